The Morgan fingerprint density at radius 2 is 1.78 bits per heavy atom. The van der Waals surface area contributed by atoms with E-state index in [9.17, 15) is 18.0 Å². The Kier molecular flexibility index (Phi) is 5.66. The topological polar surface area (TPSA) is 124 Å². The first-order valence-electron chi connectivity index (χ1n) is 9.23. The number of ether oxygens (including phenoxy) is 1. The minimum Gasteiger partial charge on any atom is -0.422 e. The summed E-state index contributed by atoms with van der Waals surface area (Å²) in [5, 5.41) is 10.5. The Labute approximate surface area is 186 Å². The molecule has 0 radical (unpaired) electrons. The molecule has 4 rings (SSSR count). The number of benzene rings is 2. The number of aromatic amines is 1. The largest absolute Gasteiger partial charge is 0.422 e. The molecule has 0 saturated carbocycles. The second-order valence-electron chi connectivity index (χ2n) is 6.76. The summed E-state index contributed by atoms with van der Waals surface area (Å²) in [6.45, 7) is 3.87. The summed E-state index contributed by atoms with van der Waals surface area (Å²) in [5.74, 6) is -0.0458. The molecule has 32 heavy (non-hydrogen) atoms. The van der Waals surface area contributed by atoms with Gasteiger partial charge in [-0.15, -0.1) is 11.3 Å². The third-order valence-corrected chi connectivity index (χ3v) is 6.33. The molecule has 0 aliphatic rings. The summed E-state index contributed by atoms with van der Waals surface area (Å²) in [5.41, 5.74) is 0.785. The van der Waals surface area contributed by atoms with E-state index in [4.69, 9.17) is 9.88 Å². The van der Waals surface area contributed by atoms with Crippen LogP contribution in [0.4, 0.5) is 0 Å². The van der Waals surface area contributed by atoms with E-state index in [1.165, 1.54) is 40.3 Å². The standard InChI is InChI=1S/C22H17N3O5S2/c1-14-19(21(26)25(24-14)16-6-10-18(11-7-16)32(23,28)29)13-15-4-8-17(9-5-15)30-22(27)20-3-2-12-31-20/h2-13,24H,1H2,(H2,23,28,29). The molecule has 0 aliphatic carbocycles. The zero-order valence-corrected chi connectivity index (χ0v) is 18.2. The molecule has 0 amide bonds. The van der Waals surface area contributed by atoms with Gasteiger partial charge in [-0.1, -0.05) is 24.8 Å². The van der Waals surface area contributed by atoms with Crippen LogP contribution in [-0.2, 0) is 10.0 Å². The molecule has 2 aromatic carbocycles. The van der Waals surface area contributed by atoms with Gasteiger partial charge >= 0.3 is 5.97 Å². The maximum absolute atomic E-state index is 12.9. The van der Waals surface area contributed by atoms with E-state index in [0.717, 1.165) is 0 Å². The van der Waals surface area contributed by atoms with Crippen LogP contribution in [0.15, 0.2) is 75.7 Å². The summed E-state index contributed by atoms with van der Waals surface area (Å²) >= 11 is 1.30. The monoisotopic (exact) mass is 467 g/mol. The van der Waals surface area contributed by atoms with Crippen LogP contribution in [0, 0.1) is 0 Å². The van der Waals surface area contributed by atoms with Gasteiger partial charge < -0.3 is 4.74 Å². The van der Waals surface area contributed by atoms with Gasteiger partial charge in [0.25, 0.3) is 5.56 Å². The van der Waals surface area contributed by atoms with Crippen LogP contribution in [0.1, 0.15) is 15.2 Å². The van der Waals surface area contributed by atoms with Gasteiger partial charge in [0, 0.05) is 0 Å². The van der Waals surface area contributed by atoms with E-state index >= 15 is 0 Å². The quantitative estimate of drug-likeness (QED) is 0.339. The van der Waals surface area contributed by atoms with Crippen LogP contribution in [0.3, 0.4) is 0 Å². The Balaban J connectivity index is 1.61. The van der Waals surface area contributed by atoms with Crippen molar-refractivity contribution in [3.8, 4) is 11.4 Å². The molecule has 0 spiro atoms. The van der Waals surface area contributed by atoms with Crippen molar-refractivity contribution in [2.45, 2.75) is 4.90 Å². The first-order chi connectivity index (χ1) is 15.2. The number of aromatic nitrogens is 2. The third kappa shape index (κ3) is 4.47. The lowest BCUT2D eigenvalue weighted by molar-refractivity contribution is 0.0740. The number of nitrogens with two attached hydrogens (primary N) is 1. The van der Waals surface area contributed by atoms with Crippen LogP contribution >= 0.6 is 11.3 Å². The minimum atomic E-state index is -3.83. The van der Waals surface area contributed by atoms with E-state index < -0.39 is 16.0 Å². The highest BCUT2D eigenvalue weighted by Gasteiger charge is 2.11. The van der Waals surface area contributed by atoms with E-state index in [0.29, 0.717) is 32.4 Å². The summed E-state index contributed by atoms with van der Waals surface area (Å²) in [6, 6.07) is 15.7. The second-order valence-corrected chi connectivity index (χ2v) is 9.27. The van der Waals surface area contributed by atoms with E-state index in [1.807, 2.05) is 0 Å². The van der Waals surface area contributed by atoms with Gasteiger partial charge in [0.2, 0.25) is 10.0 Å². The van der Waals surface area contributed by atoms with Crippen molar-refractivity contribution >= 4 is 40.0 Å². The molecule has 3 N–H and O–H groups in total. The summed E-state index contributed by atoms with van der Waals surface area (Å²) < 4.78 is 29.4. The van der Waals surface area contributed by atoms with Gasteiger partial charge in [-0.3, -0.25) is 9.89 Å². The van der Waals surface area contributed by atoms with Gasteiger partial charge in [0.15, 0.2) is 0 Å². The molecule has 162 valence electrons. The zero-order chi connectivity index (χ0) is 22.9. The highest BCUT2D eigenvalue weighted by molar-refractivity contribution is 7.89. The number of carbonyl (C=O) groups is 1. The number of primary sulfonamides is 1. The van der Waals surface area contributed by atoms with Crippen LogP contribution in [0.5, 0.6) is 5.75 Å². The van der Waals surface area contributed by atoms with Crippen molar-refractivity contribution in [1.29, 1.82) is 0 Å². The Bertz CT molecular complexity index is 1550. The zero-order valence-electron chi connectivity index (χ0n) is 16.5. The average molecular weight is 468 g/mol. The predicted molar refractivity (Wildman–Crippen MR) is 122 cm³/mol. The number of carbonyl (C=O) groups excluding carboxylic acids is 1. The van der Waals surface area contributed by atoms with Gasteiger partial charge in [-0.25, -0.2) is 23.0 Å². The van der Waals surface area contributed by atoms with Crippen LogP contribution in [-0.4, -0.2) is 24.2 Å². The van der Waals surface area contributed by atoms with Crippen molar-refractivity contribution in [2.75, 3.05) is 0 Å². The smallest absolute Gasteiger partial charge is 0.353 e. The number of rotatable bonds is 5. The highest BCUT2D eigenvalue weighted by atomic mass is 32.2. The van der Waals surface area contributed by atoms with Crippen LogP contribution in [0.2, 0.25) is 0 Å². The van der Waals surface area contributed by atoms with Gasteiger partial charge in [0.1, 0.15) is 10.6 Å². The molecule has 2 aromatic heterocycles. The summed E-state index contributed by atoms with van der Waals surface area (Å²) in [6.07, 6.45) is 1.65. The number of hydrogen-bond acceptors (Lipinski definition) is 6. The first-order valence-corrected chi connectivity index (χ1v) is 11.7. The fourth-order valence-electron chi connectivity index (χ4n) is 2.96. The fraction of sp³-hybridized carbons (Fsp3) is 0. The van der Waals surface area contributed by atoms with Crippen molar-refractivity contribution in [1.82, 2.24) is 9.78 Å². The lowest BCUT2D eigenvalue weighted by atomic mass is 10.2. The van der Waals surface area contributed by atoms with E-state index in [2.05, 4.69) is 11.7 Å². The van der Waals surface area contributed by atoms with Gasteiger partial charge in [-0.05, 0) is 59.5 Å². The van der Waals surface area contributed by atoms with Gasteiger partial charge in [0.05, 0.1) is 21.2 Å². The molecule has 0 bridgehead atoms. The minimum absolute atomic E-state index is 0.0534. The fourth-order valence-corrected chi connectivity index (χ4v) is 4.08. The summed E-state index contributed by atoms with van der Waals surface area (Å²) in [4.78, 5) is 25.4. The van der Waals surface area contributed by atoms with Crippen molar-refractivity contribution in [2.24, 2.45) is 5.14 Å². The third-order valence-electron chi connectivity index (χ3n) is 4.55. The number of hydrogen-bond donors (Lipinski definition) is 2. The van der Waals surface area contributed by atoms with Gasteiger partial charge in [-0.2, -0.15) is 0 Å². The Morgan fingerprint density at radius 3 is 2.38 bits per heavy atom. The van der Waals surface area contributed by atoms with Crippen molar-refractivity contribution in [3.63, 3.8) is 0 Å². The molecule has 0 fully saturated rings. The highest BCUT2D eigenvalue weighted by Crippen LogP contribution is 2.17. The number of esters is 1. The molecule has 2 heterocycles. The number of thiophene rings is 1. The SMILES string of the molecule is C=c1[nH]n(-c2ccc(S(N)(=O)=O)cc2)c(=O)c1=Cc1ccc(OC(=O)c2cccs2)cc1. The molecule has 4 aromatic rings. The normalized spacial score (nSPS) is 12.1. The Hall–Kier alpha value is -3.73. The van der Waals surface area contributed by atoms with Crippen molar-refractivity contribution < 1.29 is 17.9 Å². The Morgan fingerprint density at radius 1 is 1.09 bits per heavy atom. The maximum Gasteiger partial charge on any atom is 0.353 e. The van der Waals surface area contributed by atoms with E-state index in [1.54, 1.807) is 47.9 Å². The number of H-pyrrole nitrogens is 1. The summed E-state index contributed by atoms with van der Waals surface area (Å²) in [7, 11) is -3.83. The second kappa shape index (κ2) is 8.42. The maximum atomic E-state index is 12.9. The van der Waals surface area contributed by atoms with Crippen LogP contribution < -0.4 is 26.0 Å². The predicted octanol–water partition coefficient (Wildman–Crippen LogP) is 1.33. The first kappa shape index (κ1) is 21.5. The number of nitrogens with one attached hydrogen (secondary N) is 1. The number of nitrogens with zero attached hydrogens (tertiary/aromatic N) is 1. The molecule has 0 saturated heterocycles. The van der Waals surface area contributed by atoms with Crippen LogP contribution in [0.25, 0.3) is 18.3 Å². The van der Waals surface area contributed by atoms with Crippen molar-refractivity contribution in [3.05, 3.63) is 97.4 Å². The average Bonchev–Trinajstić information content (AvgIpc) is 3.39. The molecule has 0 aliphatic heterocycles. The number of sulfonamides is 1. The van der Waals surface area contributed by atoms with E-state index in [-0.39, 0.29) is 10.5 Å². The molecule has 8 nitrogen and oxygen atoms in total. The molecule has 10 heteroatoms. The molecule has 0 atom stereocenters. The lowest BCUT2D eigenvalue weighted by Crippen LogP contribution is -2.33. The lowest BCUT2D eigenvalue weighted by Gasteiger charge is -2.03. The molecule has 0 unspecified atom stereocenters. The molecular weight excluding hydrogens is 450 g/mol. The molecular formula is C22H17N3O5S2.